The van der Waals surface area contributed by atoms with Crippen LogP contribution < -0.4 is 0 Å². The van der Waals surface area contributed by atoms with Gasteiger partial charge in [0.05, 0.1) is 0 Å². The Kier molecular flexibility index (Phi) is 56.8. The second-order valence-corrected chi connectivity index (χ2v) is 19.9. The van der Waals surface area contributed by atoms with E-state index >= 15 is 0 Å². The molecule has 1 unspecified atom stereocenters. The van der Waals surface area contributed by atoms with E-state index in [1.807, 2.05) is 0 Å². The Balaban J connectivity index is 4.08. The summed E-state index contributed by atoms with van der Waals surface area (Å²) in [4.78, 5) is 37.9. The highest BCUT2D eigenvalue weighted by molar-refractivity contribution is 5.71. The number of rotatable bonds is 54. The molecular formula is C66H112O6. The molecule has 0 aromatic rings. The lowest BCUT2D eigenvalue weighted by Crippen LogP contribution is -2.30. The zero-order valence-electron chi connectivity index (χ0n) is 47.2. The second-order valence-electron chi connectivity index (χ2n) is 19.9. The van der Waals surface area contributed by atoms with Crippen LogP contribution in [0.1, 0.15) is 284 Å². The first-order valence-corrected chi connectivity index (χ1v) is 30.2. The molecule has 0 saturated carbocycles. The highest BCUT2D eigenvalue weighted by atomic mass is 16.6. The van der Waals surface area contributed by atoms with Gasteiger partial charge in [0, 0.05) is 19.3 Å². The van der Waals surface area contributed by atoms with Gasteiger partial charge in [0.2, 0.25) is 0 Å². The van der Waals surface area contributed by atoms with Crippen LogP contribution in [0.2, 0.25) is 0 Å². The largest absolute Gasteiger partial charge is 0.462 e. The van der Waals surface area contributed by atoms with Gasteiger partial charge in [-0.3, -0.25) is 14.4 Å². The van der Waals surface area contributed by atoms with Crippen LogP contribution in [-0.4, -0.2) is 37.2 Å². The maximum Gasteiger partial charge on any atom is 0.306 e. The summed E-state index contributed by atoms with van der Waals surface area (Å²) in [5, 5.41) is 0. The fourth-order valence-corrected chi connectivity index (χ4v) is 8.30. The Labute approximate surface area is 445 Å². The van der Waals surface area contributed by atoms with Crippen molar-refractivity contribution in [3.05, 3.63) is 97.2 Å². The van der Waals surface area contributed by atoms with Gasteiger partial charge in [-0.15, -0.1) is 0 Å². The van der Waals surface area contributed by atoms with Gasteiger partial charge in [-0.1, -0.05) is 259 Å². The van der Waals surface area contributed by atoms with Crippen LogP contribution >= 0.6 is 0 Å². The van der Waals surface area contributed by atoms with Crippen LogP contribution in [0.15, 0.2) is 97.2 Å². The smallest absolute Gasteiger partial charge is 0.306 e. The lowest BCUT2D eigenvalue weighted by Gasteiger charge is -2.18. The molecule has 412 valence electrons. The van der Waals surface area contributed by atoms with E-state index < -0.39 is 6.10 Å². The van der Waals surface area contributed by atoms with Crippen molar-refractivity contribution in [1.29, 1.82) is 0 Å². The summed E-state index contributed by atoms with van der Waals surface area (Å²) >= 11 is 0. The molecule has 0 saturated heterocycles. The Bertz CT molecular complexity index is 1430. The first kappa shape index (κ1) is 68.3. The Morgan fingerprint density at radius 2 is 0.542 bits per heavy atom. The van der Waals surface area contributed by atoms with Crippen molar-refractivity contribution in [2.24, 2.45) is 0 Å². The monoisotopic (exact) mass is 1000 g/mol. The zero-order valence-corrected chi connectivity index (χ0v) is 47.2. The third kappa shape index (κ3) is 57.2. The summed E-state index contributed by atoms with van der Waals surface area (Å²) < 4.78 is 16.8. The van der Waals surface area contributed by atoms with Gasteiger partial charge in [0.25, 0.3) is 0 Å². The van der Waals surface area contributed by atoms with E-state index in [0.29, 0.717) is 19.3 Å². The van der Waals surface area contributed by atoms with Crippen molar-refractivity contribution < 1.29 is 28.6 Å². The number of esters is 3. The summed E-state index contributed by atoms with van der Waals surface area (Å²) in [7, 11) is 0. The van der Waals surface area contributed by atoms with Crippen molar-refractivity contribution in [3.8, 4) is 0 Å². The summed E-state index contributed by atoms with van der Waals surface area (Å²) in [6.07, 6.45) is 80.1. The van der Waals surface area contributed by atoms with Crippen LogP contribution in [0.3, 0.4) is 0 Å². The van der Waals surface area contributed by atoms with Crippen molar-refractivity contribution in [2.45, 2.75) is 290 Å². The topological polar surface area (TPSA) is 78.9 Å². The standard InChI is InChI=1S/C66H112O6/c1-4-7-10-13-16-18-20-22-24-25-26-27-28-29-30-31-32-33-34-35-36-37-38-39-40-41-42-44-45-47-50-53-56-59-65(68)71-62-63(61-70-64(67)58-55-52-49-15-12-9-6-3)72-66(69)60-57-54-51-48-46-43-23-21-19-17-14-11-8-5-2/h7,10,16,18,21-24,26-27,29-30,32-33,35-36,63H,4-6,8-9,11-15,17,19-20,25,28,31,34,37-62H2,1-3H3/b10-7-,18-16-,23-21-,24-22-,27-26-,30-29-,33-32-,36-35-. The molecular weight excluding hydrogens is 889 g/mol. The molecule has 0 aliphatic heterocycles. The molecule has 0 aromatic heterocycles. The van der Waals surface area contributed by atoms with E-state index in [1.165, 1.54) is 128 Å². The average Bonchev–Trinajstić information content (AvgIpc) is 3.38. The molecule has 0 bridgehead atoms. The van der Waals surface area contributed by atoms with Gasteiger partial charge >= 0.3 is 17.9 Å². The summed E-state index contributed by atoms with van der Waals surface area (Å²) in [6, 6.07) is 0. The van der Waals surface area contributed by atoms with E-state index in [4.69, 9.17) is 14.2 Å². The molecule has 0 aliphatic carbocycles. The molecule has 72 heavy (non-hydrogen) atoms. The molecule has 0 N–H and O–H groups in total. The third-order valence-corrected chi connectivity index (χ3v) is 12.8. The van der Waals surface area contributed by atoms with E-state index in [2.05, 4.69) is 118 Å². The maximum absolute atomic E-state index is 12.8. The Morgan fingerprint density at radius 3 is 0.861 bits per heavy atom. The van der Waals surface area contributed by atoms with Gasteiger partial charge in [0.15, 0.2) is 6.10 Å². The molecule has 0 aliphatic rings. The van der Waals surface area contributed by atoms with Crippen molar-refractivity contribution >= 4 is 17.9 Å². The molecule has 0 radical (unpaired) electrons. The number of hydrogen-bond acceptors (Lipinski definition) is 6. The lowest BCUT2D eigenvalue weighted by molar-refractivity contribution is -0.167. The Morgan fingerprint density at radius 1 is 0.292 bits per heavy atom. The highest BCUT2D eigenvalue weighted by Crippen LogP contribution is 2.15. The summed E-state index contributed by atoms with van der Waals surface area (Å²) in [6.45, 7) is 6.47. The number of ether oxygens (including phenoxy) is 3. The van der Waals surface area contributed by atoms with Crippen molar-refractivity contribution in [1.82, 2.24) is 0 Å². The minimum atomic E-state index is -0.778. The number of hydrogen-bond donors (Lipinski definition) is 0. The van der Waals surface area contributed by atoms with Crippen molar-refractivity contribution in [2.75, 3.05) is 13.2 Å². The van der Waals surface area contributed by atoms with Crippen LogP contribution in [0.4, 0.5) is 0 Å². The van der Waals surface area contributed by atoms with E-state index in [0.717, 1.165) is 116 Å². The molecule has 0 aromatic carbocycles. The summed E-state index contributed by atoms with van der Waals surface area (Å²) in [5.74, 6) is -0.893. The van der Waals surface area contributed by atoms with Gasteiger partial charge in [-0.25, -0.2) is 0 Å². The Hall–Kier alpha value is -3.67. The fraction of sp³-hybridized carbons (Fsp3) is 0.712. The molecule has 6 nitrogen and oxygen atoms in total. The quantitative estimate of drug-likeness (QED) is 0.0261. The number of carbonyl (C=O) groups excluding carboxylic acids is 3. The second kappa shape index (κ2) is 59.9. The van der Waals surface area contributed by atoms with Crippen LogP contribution in [0, 0.1) is 0 Å². The molecule has 0 spiro atoms. The van der Waals surface area contributed by atoms with Gasteiger partial charge in [0.1, 0.15) is 13.2 Å². The van der Waals surface area contributed by atoms with E-state index in [9.17, 15) is 14.4 Å². The minimum absolute atomic E-state index is 0.0791. The SMILES string of the molecule is CC/C=C\C/C=C\C/C=C\C/C=C\C/C=C\C/C=C\C/C=C\CCCCCCCCCCCCCC(=O)OCC(COC(=O)CCCCCCCCC)OC(=O)CCCCCCC/C=C\CCCCCCC. The zero-order chi connectivity index (χ0) is 52.2. The van der Waals surface area contributed by atoms with Crippen LogP contribution in [0.5, 0.6) is 0 Å². The maximum atomic E-state index is 12.8. The van der Waals surface area contributed by atoms with Crippen molar-refractivity contribution in [3.63, 3.8) is 0 Å². The number of carbonyl (C=O) groups is 3. The first-order chi connectivity index (χ1) is 35.5. The lowest BCUT2D eigenvalue weighted by atomic mass is 10.0. The first-order valence-electron chi connectivity index (χ1n) is 30.2. The number of unbranched alkanes of at least 4 members (excludes halogenated alkanes) is 27. The average molecular weight is 1000 g/mol. The normalized spacial score (nSPS) is 12.8. The van der Waals surface area contributed by atoms with E-state index in [-0.39, 0.29) is 31.1 Å². The third-order valence-electron chi connectivity index (χ3n) is 12.8. The minimum Gasteiger partial charge on any atom is -0.462 e. The van der Waals surface area contributed by atoms with Crippen LogP contribution in [-0.2, 0) is 28.6 Å². The predicted octanol–water partition coefficient (Wildman–Crippen LogP) is 20.5. The molecule has 1 atom stereocenters. The molecule has 0 rings (SSSR count). The van der Waals surface area contributed by atoms with Gasteiger partial charge in [-0.05, 0) is 103 Å². The molecule has 0 heterocycles. The predicted molar refractivity (Wildman–Crippen MR) is 311 cm³/mol. The van der Waals surface area contributed by atoms with Gasteiger partial charge < -0.3 is 14.2 Å². The fourth-order valence-electron chi connectivity index (χ4n) is 8.30. The van der Waals surface area contributed by atoms with Crippen LogP contribution in [0.25, 0.3) is 0 Å². The van der Waals surface area contributed by atoms with E-state index in [1.54, 1.807) is 0 Å². The molecule has 0 amide bonds. The molecule has 6 heteroatoms. The highest BCUT2D eigenvalue weighted by Gasteiger charge is 2.19. The molecule has 0 fully saturated rings. The number of allylic oxidation sites excluding steroid dienone is 16. The van der Waals surface area contributed by atoms with Gasteiger partial charge in [-0.2, -0.15) is 0 Å². The summed E-state index contributed by atoms with van der Waals surface area (Å²) in [5.41, 5.74) is 0.